The summed E-state index contributed by atoms with van der Waals surface area (Å²) in [6, 6.07) is 2.98. The van der Waals surface area contributed by atoms with Crippen molar-refractivity contribution < 1.29 is 8.42 Å². The van der Waals surface area contributed by atoms with Crippen molar-refractivity contribution in [3.8, 4) is 0 Å². The predicted molar refractivity (Wildman–Crippen MR) is 71.4 cm³/mol. The molecule has 0 aromatic carbocycles. The third-order valence-corrected chi connectivity index (χ3v) is 4.20. The number of rotatable bonds is 7. The number of nitrogens with two attached hydrogens (primary N) is 1. The zero-order valence-electron chi connectivity index (χ0n) is 10.7. The van der Waals surface area contributed by atoms with Gasteiger partial charge in [-0.15, -0.1) is 0 Å². The molecule has 0 fully saturated rings. The molecule has 0 aliphatic heterocycles. The SMILES string of the molecule is CCCC(CC)NS(=O)(=O)c1cccnc1NN. The Morgan fingerprint density at radius 1 is 1.44 bits per heavy atom. The number of hydrazine groups is 1. The summed E-state index contributed by atoms with van der Waals surface area (Å²) in [7, 11) is -3.59. The second-order valence-corrected chi connectivity index (χ2v) is 5.69. The van der Waals surface area contributed by atoms with Crippen molar-refractivity contribution in [3.05, 3.63) is 18.3 Å². The van der Waals surface area contributed by atoms with Gasteiger partial charge in [-0.25, -0.2) is 24.0 Å². The minimum absolute atomic E-state index is 0.0640. The van der Waals surface area contributed by atoms with Crippen LogP contribution in [0.5, 0.6) is 0 Å². The van der Waals surface area contributed by atoms with Crippen LogP contribution in [-0.2, 0) is 10.0 Å². The minimum atomic E-state index is -3.59. The van der Waals surface area contributed by atoms with Crippen molar-refractivity contribution >= 4 is 15.8 Å². The van der Waals surface area contributed by atoms with Crippen LogP contribution < -0.4 is 16.0 Å². The number of pyridine rings is 1. The fraction of sp³-hybridized carbons (Fsp3) is 0.545. The van der Waals surface area contributed by atoms with E-state index in [2.05, 4.69) is 15.1 Å². The van der Waals surface area contributed by atoms with E-state index in [1.165, 1.54) is 12.3 Å². The van der Waals surface area contributed by atoms with Gasteiger partial charge in [-0.05, 0) is 25.0 Å². The number of sulfonamides is 1. The van der Waals surface area contributed by atoms with Gasteiger partial charge in [0.1, 0.15) is 4.90 Å². The van der Waals surface area contributed by atoms with Gasteiger partial charge >= 0.3 is 0 Å². The maximum Gasteiger partial charge on any atom is 0.244 e. The van der Waals surface area contributed by atoms with Crippen molar-refractivity contribution in [2.75, 3.05) is 5.43 Å². The third kappa shape index (κ3) is 3.66. The smallest absolute Gasteiger partial charge is 0.244 e. The first-order chi connectivity index (χ1) is 8.55. The standard InChI is InChI=1S/C11H20N4O2S/c1-3-6-9(4-2)15-18(16,17)10-7-5-8-13-11(10)14-12/h5,7-9,15H,3-4,6,12H2,1-2H3,(H,13,14). The maximum atomic E-state index is 12.2. The first kappa shape index (κ1) is 14.9. The molecular weight excluding hydrogens is 252 g/mol. The lowest BCUT2D eigenvalue weighted by molar-refractivity contribution is 0.512. The zero-order valence-corrected chi connectivity index (χ0v) is 11.5. The van der Waals surface area contributed by atoms with Crippen molar-refractivity contribution in [2.24, 2.45) is 5.84 Å². The molecule has 0 radical (unpaired) electrons. The number of hydrogen-bond acceptors (Lipinski definition) is 5. The molecule has 1 aromatic rings. The molecule has 0 aliphatic carbocycles. The lowest BCUT2D eigenvalue weighted by atomic mass is 10.1. The molecule has 6 nitrogen and oxygen atoms in total. The van der Waals surface area contributed by atoms with E-state index < -0.39 is 10.0 Å². The fourth-order valence-electron chi connectivity index (χ4n) is 1.69. The van der Waals surface area contributed by atoms with Crippen LogP contribution in [0.3, 0.4) is 0 Å². The number of nitrogens with one attached hydrogen (secondary N) is 2. The Morgan fingerprint density at radius 3 is 2.72 bits per heavy atom. The summed E-state index contributed by atoms with van der Waals surface area (Å²) in [5.41, 5.74) is 2.29. The molecule has 0 bridgehead atoms. The lowest BCUT2D eigenvalue weighted by Gasteiger charge is -2.17. The van der Waals surface area contributed by atoms with E-state index in [0.717, 1.165) is 19.3 Å². The normalized spacial score (nSPS) is 13.3. The van der Waals surface area contributed by atoms with Crippen LogP contribution in [0.1, 0.15) is 33.1 Å². The molecule has 0 saturated heterocycles. The van der Waals surface area contributed by atoms with Crippen LogP contribution >= 0.6 is 0 Å². The predicted octanol–water partition coefficient (Wildman–Crippen LogP) is 1.22. The monoisotopic (exact) mass is 272 g/mol. The van der Waals surface area contributed by atoms with E-state index in [4.69, 9.17) is 5.84 Å². The summed E-state index contributed by atoms with van der Waals surface area (Å²) in [4.78, 5) is 3.96. The Hall–Kier alpha value is -1.18. The molecule has 0 saturated carbocycles. The summed E-state index contributed by atoms with van der Waals surface area (Å²) in [5.74, 6) is 5.41. The highest BCUT2D eigenvalue weighted by atomic mass is 32.2. The average Bonchev–Trinajstić information content (AvgIpc) is 2.38. The molecule has 1 heterocycles. The van der Waals surface area contributed by atoms with Crippen LogP contribution in [0, 0.1) is 0 Å². The maximum absolute atomic E-state index is 12.2. The number of nitrogens with zero attached hydrogens (tertiary/aromatic N) is 1. The van der Waals surface area contributed by atoms with Crippen molar-refractivity contribution in [2.45, 2.75) is 44.0 Å². The average molecular weight is 272 g/mol. The van der Waals surface area contributed by atoms with Gasteiger partial charge in [-0.1, -0.05) is 20.3 Å². The summed E-state index contributed by atoms with van der Waals surface area (Å²) >= 11 is 0. The molecular formula is C11H20N4O2S. The molecule has 0 aliphatic rings. The molecule has 1 aromatic heterocycles. The van der Waals surface area contributed by atoms with Crippen LogP contribution in [0.25, 0.3) is 0 Å². The third-order valence-electron chi connectivity index (χ3n) is 2.65. The molecule has 7 heteroatoms. The van der Waals surface area contributed by atoms with E-state index in [-0.39, 0.29) is 16.8 Å². The van der Waals surface area contributed by atoms with Gasteiger partial charge in [0.25, 0.3) is 0 Å². The molecule has 18 heavy (non-hydrogen) atoms. The summed E-state index contributed by atoms with van der Waals surface area (Å²) < 4.78 is 27.1. The summed E-state index contributed by atoms with van der Waals surface area (Å²) in [5, 5.41) is 0. The fourth-order valence-corrected chi connectivity index (χ4v) is 3.17. The van der Waals surface area contributed by atoms with E-state index in [9.17, 15) is 8.42 Å². The quantitative estimate of drug-likeness (QED) is 0.512. The van der Waals surface area contributed by atoms with Gasteiger partial charge in [0.2, 0.25) is 10.0 Å². The number of nitrogen functional groups attached to an aromatic ring is 1. The van der Waals surface area contributed by atoms with Gasteiger partial charge in [-0.3, -0.25) is 0 Å². The van der Waals surface area contributed by atoms with Crippen molar-refractivity contribution in [3.63, 3.8) is 0 Å². The molecule has 1 atom stereocenters. The molecule has 0 spiro atoms. The highest BCUT2D eigenvalue weighted by Crippen LogP contribution is 2.18. The molecule has 102 valence electrons. The van der Waals surface area contributed by atoms with Crippen molar-refractivity contribution in [1.82, 2.24) is 9.71 Å². The Balaban J connectivity index is 2.98. The molecule has 4 N–H and O–H groups in total. The zero-order chi connectivity index (χ0) is 13.6. The van der Waals surface area contributed by atoms with E-state index >= 15 is 0 Å². The lowest BCUT2D eigenvalue weighted by Crippen LogP contribution is -2.35. The molecule has 0 amide bonds. The molecule has 1 rings (SSSR count). The van der Waals surface area contributed by atoms with E-state index in [1.807, 2.05) is 13.8 Å². The van der Waals surface area contributed by atoms with Gasteiger partial charge in [0, 0.05) is 12.2 Å². The summed E-state index contributed by atoms with van der Waals surface area (Å²) in [6.07, 6.45) is 3.97. The van der Waals surface area contributed by atoms with Gasteiger partial charge in [0.15, 0.2) is 5.82 Å². The topological polar surface area (TPSA) is 97.1 Å². The highest BCUT2D eigenvalue weighted by molar-refractivity contribution is 7.89. The van der Waals surface area contributed by atoms with Crippen LogP contribution in [0.15, 0.2) is 23.2 Å². The van der Waals surface area contributed by atoms with E-state index in [0.29, 0.717) is 0 Å². The van der Waals surface area contributed by atoms with Crippen LogP contribution in [0.4, 0.5) is 5.82 Å². The first-order valence-corrected chi connectivity index (χ1v) is 7.47. The number of hydrogen-bond donors (Lipinski definition) is 3. The second-order valence-electron chi connectivity index (χ2n) is 4.01. The van der Waals surface area contributed by atoms with E-state index in [1.54, 1.807) is 6.07 Å². The Bertz CT molecular complexity index is 476. The number of aromatic nitrogens is 1. The Morgan fingerprint density at radius 2 is 2.17 bits per heavy atom. The first-order valence-electron chi connectivity index (χ1n) is 5.99. The van der Waals surface area contributed by atoms with Crippen molar-refractivity contribution in [1.29, 1.82) is 0 Å². The van der Waals surface area contributed by atoms with Gasteiger partial charge in [0.05, 0.1) is 0 Å². The number of anilines is 1. The Kier molecular flexibility index (Phi) is 5.52. The second kappa shape index (κ2) is 6.67. The van der Waals surface area contributed by atoms with Crippen LogP contribution in [-0.4, -0.2) is 19.4 Å². The van der Waals surface area contributed by atoms with Gasteiger partial charge in [-0.2, -0.15) is 0 Å². The summed E-state index contributed by atoms with van der Waals surface area (Å²) in [6.45, 7) is 3.97. The largest absolute Gasteiger partial charge is 0.307 e. The highest BCUT2D eigenvalue weighted by Gasteiger charge is 2.21. The molecule has 1 unspecified atom stereocenters. The van der Waals surface area contributed by atoms with Crippen LogP contribution in [0.2, 0.25) is 0 Å². The minimum Gasteiger partial charge on any atom is -0.307 e. The van der Waals surface area contributed by atoms with Gasteiger partial charge < -0.3 is 5.43 Å². The Labute approximate surface area is 108 Å².